The molecular formula is C47H56NO7PSi. The van der Waals surface area contributed by atoms with Crippen molar-refractivity contribution in [3.63, 3.8) is 0 Å². The van der Waals surface area contributed by atoms with E-state index in [0.29, 0.717) is 5.56 Å². The standard InChI is InChI=1S/C47H56NO7PSi/c1-11-30-53-45(52)43(56(36-24-15-12-16-25-36,37-26-17-13-18-27-37)38-28-19-14-20-29-38)48-39(41(42(48)50)33(2)55-57(9,10)47(6,7)8)32-40(49)34-22-21-23-35(31-34)44(51)54-46(3,4)5/h11-29,31,33,39,41H,1,30,32H2,2-10H3/t33-,39-,41-/m1/s1. The summed E-state index contributed by atoms with van der Waals surface area (Å²) in [6, 6.07) is 34.9. The molecule has 0 bridgehead atoms. The predicted octanol–water partition coefficient (Wildman–Crippen LogP) is 8.31. The number of hydrogen-bond acceptors (Lipinski definition) is 7. The molecule has 0 unspecified atom stereocenters. The van der Waals surface area contributed by atoms with Crippen molar-refractivity contribution < 1.29 is 33.1 Å². The summed E-state index contributed by atoms with van der Waals surface area (Å²) in [5.41, 5.74) is -0.0178. The normalized spacial score (nSPS) is 16.6. The number of ketones is 1. The molecule has 0 aliphatic carbocycles. The third-order valence-electron chi connectivity index (χ3n) is 10.8. The number of nitrogens with zero attached hydrogens (tertiary/aromatic N) is 1. The van der Waals surface area contributed by atoms with Gasteiger partial charge >= 0.3 is 11.9 Å². The highest BCUT2D eigenvalue weighted by Gasteiger charge is 2.57. The number of carbonyl (C=O) groups is 4. The van der Waals surface area contributed by atoms with E-state index in [1.807, 2.05) is 97.9 Å². The van der Waals surface area contributed by atoms with Crippen LogP contribution in [0.3, 0.4) is 0 Å². The van der Waals surface area contributed by atoms with E-state index in [2.05, 4.69) is 40.4 Å². The van der Waals surface area contributed by atoms with Crippen LogP contribution >= 0.6 is 6.89 Å². The number of esters is 2. The largest absolute Gasteiger partial charge is 0.457 e. The first-order valence-corrected chi connectivity index (χ1v) is 24.1. The van der Waals surface area contributed by atoms with E-state index in [0.717, 1.165) is 15.9 Å². The lowest BCUT2D eigenvalue weighted by Crippen LogP contribution is -2.69. The zero-order valence-corrected chi connectivity index (χ0v) is 36.5. The van der Waals surface area contributed by atoms with Crippen molar-refractivity contribution in [1.82, 2.24) is 4.90 Å². The number of β-lactam (4-membered cyclic amide) rings is 1. The van der Waals surface area contributed by atoms with E-state index in [9.17, 15) is 14.4 Å². The molecule has 4 aromatic carbocycles. The molecule has 0 radical (unpaired) electrons. The second-order valence-electron chi connectivity index (χ2n) is 17.0. The van der Waals surface area contributed by atoms with E-state index in [1.54, 1.807) is 39.0 Å². The quantitative estimate of drug-likeness (QED) is 0.0316. The minimum absolute atomic E-state index is 0.0852. The molecule has 10 heteroatoms. The van der Waals surface area contributed by atoms with Gasteiger partial charge in [-0.1, -0.05) is 137 Å². The van der Waals surface area contributed by atoms with Gasteiger partial charge < -0.3 is 18.8 Å². The van der Waals surface area contributed by atoms with Gasteiger partial charge in [-0.2, -0.15) is 0 Å². The van der Waals surface area contributed by atoms with E-state index >= 15 is 4.79 Å². The fourth-order valence-electron chi connectivity index (χ4n) is 7.10. The van der Waals surface area contributed by atoms with Gasteiger partial charge in [0.1, 0.15) is 17.6 Å². The molecule has 5 rings (SSSR count). The average molecular weight is 806 g/mol. The summed E-state index contributed by atoms with van der Waals surface area (Å²) in [5, 5.41) is 2.36. The van der Waals surface area contributed by atoms with Gasteiger partial charge in [0, 0.05) is 18.9 Å². The van der Waals surface area contributed by atoms with Crippen LogP contribution < -0.4 is 15.9 Å². The zero-order valence-electron chi connectivity index (χ0n) is 34.7. The van der Waals surface area contributed by atoms with Crippen LogP contribution in [0.25, 0.3) is 0 Å². The lowest BCUT2D eigenvalue weighted by Gasteiger charge is -2.53. The Kier molecular flexibility index (Phi) is 13.2. The average Bonchev–Trinajstić information content (AvgIpc) is 3.16. The molecule has 57 heavy (non-hydrogen) atoms. The lowest BCUT2D eigenvalue weighted by atomic mass is 9.79. The minimum Gasteiger partial charge on any atom is -0.457 e. The summed E-state index contributed by atoms with van der Waals surface area (Å²) >= 11 is 0. The summed E-state index contributed by atoms with van der Waals surface area (Å²) in [5.74, 6) is -2.60. The van der Waals surface area contributed by atoms with Crippen molar-refractivity contribution in [3.8, 4) is 0 Å². The SMILES string of the molecule is C=CCOC(=O)C(N1C(=O)[C@H]([C@@H](C)O[Si](C)(C)C(C)(C)C)[C@H]1CC(=O)c1cccc(C(=O)OC(C)(C)C)c1)=P(c1ccccc1)(c1ccccc1)c1ccccc1. The molecule has 4 aromatic rings. The maximum Gasteiger partial charge on any atom is 0.356 e. The van der Waals surface area contributed by atoms with Gasteiger partial charge in [0.25, 0.3) is 0 Å². The Balaban J connectivity index is 1.80. The summed E-state index contributed by atoms with van der Waals surface area (Å²) in [7, 11) is -2.41. The number of Topliss-reactive ketones (excluding diaryl/α,β-unsaturated/α-hetero) is 1. The molecule has 3 atom stereocenters. The van der Waals surface area contributed by atoms with Crippen LogP contribution in [0.1, 0.15) is 75.6 Å². The van der Waals surface area contributed by atoms with E-state index in [-0.39, 0.29) is 40.7 Å². The van der Waals surface area contributed by atoms with Gasteiger partial charge in [0.05, 0.1) is 23.6 Å². The van der Waals surface area contributed by atoms with Crippen LogP contribution in [0.5, 0.6) is 0 Å². The topological polar surface area (TPSA) is 99.2 Å². The molecule has 300 valence electrons. The van der Waals surface area contributed by atoms with E-state index in [1.165, 1.54) is 17.0 Å². The second-order valence-corrected chi connectivity index (χ2v) is 25.1. The third kappa shape index (κ3) is 9.17. The van der Waals surface area contributed by atoms with Crippen LogP contribution in [0, 0.1) is 5.92 Å². The number of ether oxygens (including phenoxy) is 2. The molecule has 1 aliphatic heterocycles. The van der Waals surface area contributed by atoms with Crippen LogP contribution in [0.15, 0.2) is 128 Å². The number of rotatable bonds is 14. The van der Waals surface area contributed by atoms with Crippen molar-refractivity contribution in [2.45, 2.75) is 90.8 Å². The molecule has 0 aromatic heterocycles. The van der Waals surface area contributed by atoms with Crippen LogP contribution in [-0.2, 0) is 23.5 Å². The number of benzene rings is 4. The highest BCUT2D eigenvalue weighted by Crippen LogP contribution is 2.51. The summed E-state index contributed by atoms with van der Waals surface area (Å²) in [4.78, 5) is 59.3. The Morgan fingerprint density at radius 2 is 1.28 bits per heavy atom. The first-order valence-electron chi connectivity index (χ1n) is 19.4. The van der Waals surface area contributed by atoms with E-state index in [4.69, 9.17) is 13.9 Å². The molecule has 1 amide bonds. The number of carbonyl (C=O) groups excluding carboxylic acids is 4. The molecular weight excluding hydrogens is 750 g/mol. The monoisotopic (exact) mass is 805 g/mol. The third-order valence-corrected chi connectivity index (χ3v) is 19.6. The van der Waals surface area contributed by atoms with Gasteiger partial charge in [-0.15, -0.1) is 0 Å². The van der Waals surface area contributed by atoms with E-state index < -0.39 is 50.8 Å². The molecule has 0 saturated carbocycles. The molecule has 1 aliphatic rings. The number of amides is 1. The maximum absolute atomic E-state index is 15.2. The Morgan fingerprint density at radius 3 is 1.74 bits per heavy atom. The second kappa shape index (κ2) is 17.4. The first kappa shape index (κ1) is 43.3. The van der Waals surface area contributed by atoms with Crippen molar-refractivity contribution in [3.05, 3.63) is 139 Å². The Hall–Kier alpha value is -4.82. The van der Waals surface area contributed by atoms with Gasteiger partial charge in [0.15, 0.2) is 14.1 Å². The Morgan fingerprint density at radius 1 is 0.789 bits per heavy atom. The molecule has 0 N–H and O–H groups in total. The Labute approximate surface area is 339 Å². The van der Waals surface area contributed by atoms with Crippen molar-refractivity contribution in [2.75, 3.05) is 6.61 Å². The fourth-order valence-corrected chi connectivity index (χ4v) is 12.9. The van der Waals surface area contributed by atoms with Crippen LogP contribution in [-0.4, -0.2) is 66.6 Å². The Bertz CT molecular complexity index is 2050. The molecule has 1 heterocycles. The lowest BCUT2D eigenvalue weighted by molar-refractivity contribution is -0.156. The zero-order chi connectivity index (χ0) is 41.8. The minimum atomic E-state index is -3.23. The van der Waals surface area contributed by atoms with Crippen molar-refractivity contribution >= 4 is 60.2 Å². The predicted molar refractivity (Wildman–Crippen MR) is 234 cm³/mol. The summed E-state index contributed by atoms with van der Waals surface area (Å²) in [6.45, 7) is 18.4. The van der Waals surface area contributed by atoms with Gasteiger partial charge in [-0.3, -0.25) is 9.59 Å². The molecule has 8 nitrogen and oxygen atoms in total. The number of likely N-dealkylation sites (tertiary alicyclic amines) is 1. The van der Waals surface area contributed by atoms with Crippen LogP contribution in [0.2, 0.25) is 18.1 Å². The van der Waals surface area contributed by atoms with Gasteiger partial charge in [0.2, 0.25) is 5.91 Å². The first-order chi connectivity index (χ1) is 26.8. The summed E-state index contributed by atoms with van der Waals surface area (Å²) < 4.78 is 18.4. The summed E-state index contributed by atoms with van der Waals surface area (Å²) in [6.07, 6.45) is 0.775. The highest BCUT2D eigenvalue weighted by molar-refractivity contribution is 7.96. The molecule has 1 saturated heterocycles. The fraction of sp³-hybridized carbons (Fsp3) is 0.340. The van der Waals surface area contributed by atoms with Crippen molar-refractivity contribution in [1.29, 1.82) is 0 Å². The van der Waals surface area contributed by atoms with Crippen molar-refractivity contribution in [2.24, 2.45) is 5.92 Å². The highest BCUT2D eigenvalue weighted by atomic mass is 31.2. The maximum atomic E-state index is 15.2. The molecule has 0 spiro atoms. The number of hydrogen-bond donors (Lipinski definition) is 0. The smallest absolute Gasteiger partial charge is 0.356 e. The van der Waals surface area contributed by atoms with Gasteiger partial charge in [-0.25, -0.2) is 9.59 Å². The van der Waals surface area contributed by atoms with Gasteiger partial charge in [-0.05, 0) is 73.9 Å². The van der Waals surface area contributed by atoms with Crippen LogP contribution in [0.4, 0.5) is 0 Å². The molecule has 1 fully saturated rings.